The molecule has 0 amide bonds. The molecule has 7 heteroatoms. The summed E-state index contributed by atoms with van der Waals surface area (Å²) >= 11 is 6.27. The van der Waals surface area contributed by atoms with Crippen LogP contribution in [-0.4, -0.2) is 26.2 Å². The Hall–Kier alpha value is -2.48. The van der Waals surface area contributed by atoms with Crippen LogP contribution in [0, 0.1) is 20.8 Å². The van der Waals surface area contributed by atoms with Crippen LogP contribution in [0.15, 0.2) is 57.5 Å². The number of nitrogens with zero attached hydrogens (tertiary/aromatic N) is 4. The van der Waals surface area contributed by atoms with E-state index in [1.54, 1.807) is 0 Å². The highest BCUT2D eigenvalue weighted by Gasteiger charge is 2.18. The second kappa shape index (κ2) is 9.57. The van der Waals surface area contributed by atoms with Gasteiger partial charge in [0.25, 0.3) is 0 Å². The van der Waals surface area contributed by atoms with Crippen molar-refractivity contribution in [2.45, 2.75) is 62.3 Å². The highest BCUT2D eigenvalue weighted by molar-refractivity contribution is 7.99. The third-order valence-corrected chi connectivity index (χ3v) is 6.71. The van der Waals surface area contributed by atoms with Gasteiger partial charge in [0.05, 0.1) is 0 Å². The predicted molar refractivity (Wildman–Crippen MR) is 135 cm³/mol. The summed E-state index contributed by atoms with van der Waals surface area (Å²) < 4.78 is 0. The van der Waals surface area contributed by atoms with Gasteiger partial charge in [-0.3, -0.25) is 0 Å². The molecule has 0 saturated carbocycles. The van der Waals surface area contributed by atoms with E-state index in [1.165, 1.54) is 11.8 Å². The fourth-order valence-electron chi connectivity index (χ4n) is 3.64. The largest absolute Gasteiger partial charge is 0.310 e. The molecule has 4 rings (SSSR count). The van der Waals surface area contributed by atoms with E-state index >= 15 is 0 Å². The van der Waals surface area contributed by atoms with Gasteiger partial charge in [-0.2, -0.15) is 0 Å². The number of hydrogen-bond acceptors (Lipinski definition) is 7. The van der Waals surface area contributed by atoms with Crippen LogP contribution in [0.25, 0.3) is 22.0 Å². The zero-order valence-electron chi connectivity index (χ0n) is 19.0. The van der Waals surface area contributed by atoms with Gasteiger partial charge in [-0.15, -0.1) is 22.8 Å². The SMILES string of the molecule is Cc1cc(C)nc(Sc2nnc(-c3ccc(C)c(S)c3CNC(C)C)c3ccccc23)n1. The van der Waals surface area contributed by atoms with Gasteiger partial charge < -0.3 is 5.32 Å². The van der Waals surface area contributed by atoms with Crippen molar-refractivity contribution in [2.75, 3.05) is 0 Å². The van der Waals surface area contributed by atoms with Crippen molar-refractivity contribution >= 4 is 35.2 Å². The highest BCUT2D eigenvalue weighted by Crippen LogP contribution is 2.37. The van der Waals surface area contributed by atoms with E-state index in [0.29, 0.717) is 11.2 Å². The van der Waals surface area contributed by atoms with Gasteiger partial charge in [0, 0.05) is 45.2 Å². The lowest BCUT2D eigenvalue weighted by molar-refractivity contribution is 0.585. The lowest BCUT2D eigenvalue weighted by Crippen LogP contribution is -2.22. The maximum atomic E-state index is 4.82. The van der Waals surface area contributed by atoms with Crippen molar-refractivity contribution < 1.29 is 0 Å². The molecule has 2 heterocycles. The van der Waals surface area contributed by atoms with Crippen molar-refractivity contribution in [3.63, 3.8) is 0 Å². The average molecular weight is 462 g/mol. The summed E-state index contributed by atoms with van der Waals surface area (Å²) in [7, 11) is 0. The first-order valence-corrected chi connectivity index (χ1v) is 11.9. The second-order valence-corrected chi connectivity index (χ2v) is 9.63. The maximum Gasteiger partial charge on any atom is 0.194 e. The topological polar surface area (TPSA) is 63.6 Å². The van der Waals surface area contributed by atoms with Gasteiger partial charge in [0.15, 0.2) is 5.16 Å². The van der Waals surface area contributed by atoms with E-state index in [-0.39, 0.29) is 0 Å². The minimum atomic E-state index is 0.371. The third kappa shape index (κ3) is 4.80. The molecular formula is C25H27N5S2. The number of hydrogen-bond donors (Lipinski definition) is 2. The summed E-state index contributed by atoms with van der Waals surface area (Å²) in [6, 6.07) is 14.8. The molecule has 0 saturated heterocycles. The van der Waals surface area contributed by atoms with Crippen molar-refractivity contribution in [1.82, 2.24) is 25.5 Å². The number of thiol groups is 1. The smallest absolute Gasteiger partial charge is 0.194 e. The Bertz CT molecular complexity index is 1270. The molecule has 1 N–H and O–H groups in total. The molecule has 32 heavy (non-hydrogen) atoms. The van der Waals surface area contributed by atoms with Crippen LogP contribution < -0.4 is 5.32 Å². The van der Waals surface area contributed by atoms with E-state index in [1.807, 2.05) is 32.0 Å². The van der Waals surface area contributed by atoms with Crippen molar-refractivity contribution in [2.24, 2.45) is 0 Å². The fraction of sp³-hybridized carbons (Fsp3) is 0.280. The molecule has 0 fully saturated rings. The Balaban J connectivity index is 1.84. The van der Waals surface area contributed by atoms with Gasteiger partial charge in [-0.1, -0.05) is 50.2 Å². The van der Waals surface area contributed by atoms with Gasteiger partial charge in [0.2, 0.25) is 0 Å². The van der Waals surface area contributed by atoms with E-state index in [0.717, 1.165) is 61.0 Å². The number of fused-ring (bicyclic) bond motifs is 1. The molecule has 0 spiro atoms. The third-order valence-electron chi connectivity index (χ3n) is 5.23. The van der Waals surface area contributed by atoms with E-state index < -0.39 is 0 Å². The summed E-state index contributed by atoms with van der Waals surface area (Å²) in [5.74, 6) is 0. The number of nitrogens with one attached hydrogen (secondary N) is 1. The maximum absolute atomic E-state index is 4.82. The molecule has 5 nitrogen and oxygen atoms in total. The molecule has 0 unspecified atom stereocenters. The fourth-order valence-corrected chi connectivity index (χ4v) is 4.84. The number of benzene rings is 2. The summed E-state index contributed by atoms with van der Waals surface area (Å²) in [5.41, 5.74) is 6.08. The van der Waals surface area contributed by atoms with Crippen molar-refractivity contribution in [3.8, 4) is 11.3 Å². The molecule has 2 aromatic carbocycles. The second-order valence-electron chi connectivity index (χ2n) is 8.23. The molecule has 0 atom stereocenters. The molecule has 2 aromatic heterocycles. The van der Waals surface area contributed by atoms with Crippen LogP contribution in [0.3, 0.4) is 0 Å². The van der Waals surface area contributed by atoms with E-state index in [2.05, 4.69) is 70.5 Å². The summed E-state index contributed by atoms with van der Waals surface area (Å²) in [5, 5.41) is 16.4. The Kier molecular flexibility index (Phi) is 6.79. The van der Waals surface area contributed by atoms with Gasteiger partial charge in [-0.05, 0) is 49.7 Å². The van der Waals surface area contributed by atoms with Crippen LogP contribution >= 0.6 is 24.4 Å². The Labute approximate surface area is 198 Å². The minimum Gasteiger partial charge on any atom is -0.310 e. The predicted octanol–water partition coefficient (Wildman–Crippen LogP) is 5.95. The molecule has 0 aliphatic rings. The molecule has 0 aliphatic heterocycles. The van der Waals surface area contributed by atoms with E-state index in [4.69, 9.17) is 12.6 Å². The van der Waals surface area contributed by atoms with Crippen LogP contribution in [0.2, 0.25) is 0 Å². The van der Waals surface area contributed by atoms with Gasteiger partial charge >= 0.3 is 0 Å². The van der Waals surface area contributed by atoms with Crippen LogP contribution in [0.5, 0.6) is 0 Å². The summed E-state index contributed by atoms with van der Waals surface area (Å²) in [6.07, 6.45) is 0. The monoisotopic (exact) mass is 461 g/mol. The van der Waals surface area contributed by atoms with Gasteiger partial charge in [0.1, 0.15) is 10.7 Å². The summed E-state index contributed by atoms with van der Waals surface area (Å²) in [4.78, 5) is 10.1. The Morgan fingerprint density at radius 2 is 1.62 bits per heavy atom. The first-order valence-electron chi connectivity index (χ1n) is 10.6. The summed E-state index contributed by atoms with van der Waals surface area (Å²) in [6.45, 7) is 11.0. The lowest BCUT2D eigenvalue weighted by Gasteiger charge is -2.17. The number of aryl methyl sites for hydroxylation is 3. The van der Waals surface area contributed by atoms with E-state index in [9.17, 15) is 0 Å². The standard InChI is InChI=1S/C25H27N5S2/c1-14(2)26-13-21-19(11-10-15(3)23(21)31)22-18-8-6-7-9-20(18)24(30-29-22)32-25-27-16(4)12-17(5)28-25/h6-12,14,26,31H,13H2,1-5H3. The average Bonchev–Trinajstić information content (AvgIpc) is 2.74. The zero-order chi connectivity index (χ0) is 22.8. The van der Waals surface area contributed by atoms with Crippen molar-refractivity contribution in [3.05, 3.63) is 65.0 Å². The Morgan fingerprint density at radius 3 is 2.31 bits per heavy atom. The van der Waals surface area contributed by atoms with Gasteiger partial charge in [-0.25, -0.2) is 9.97 Å². The molecule has 0 radical (unpaired) electrons. The highest BCUT2D eigenvalue weighted by atomic mass is 32.2. The molecule has 0 aliphatic carbocycles. The van der Waals surface area contributed by atoms with Crippen LogP contribution in [0.1, 0.15) is 36.4 Å². The van der Waals surface area contributed by atoms with Crippen molar-refractivity contribution in [1.29, 1.82) is 0 Å². The first kappa shape index (κ1) is 22.7. The quantitative estimate of drug-likeness (QED) is 0.273. The minimum absolute atomic E-state index is 0.371. The first-order chi connectivity index (χ1) is 15.3. The normalized spacial score (nSPS) is 11.5. The lowest BCUT2D eigenvalue weighted by atomic mass is 9.98. The zero-order valence-corrected chi connectivity index (χ0v) is 20.7. The molecule has 164 valence electrons. The molecule has 0 bridgehead atoms. The molecular weight excluding hydrogens is 434 g/mol. The number of aromatic nitrogens is 4. The van der Waals surface area contributed by atoms with Crippen LogP contribution in [-0.2, 0) is 6.54 Å². The van der Waals surface area contributed by atoms with Crippen LogP contribution in [0.4, 0.5) is 0 Å². The Morgan fingerprint density at radius 1 is 0.938 bits per heavy atom. The molecule has 4 aromatic rings. The number of rotatable bonds is 6.